The Morgan fingerprint density at radius 2 is 1.75 bits per heavy atom. The lowest BCUT2D eigenvalue weighted by molar-refractivity contribution is 0.173. The molecule has 4 heteroatoms. The highest BCUT2D eigenvalue weighted by Crippen LogP contribution is 2.24. The van der Waals surface area contributed by atoms with Crippen LogP contribution in [0.1, 0.15) is 22.8 Å². The third kappa shape index (κ3) is 3.14. The van der Waals surface area contributed by atoms with Crippen LogP contribution in [0.15, 0.2) is 36.4 Å². The summed E-state index contributed by atoms with van der Waals surface area (Å²) in [4.78, 5) is 0. The standard InChI is InChI=1S/C16H16F2O2/c1-10-7-15(18)13(9-14(10)17)16(19)8-11-3-5-12(20-2)6-4-11/h3-7,9,16,19H,8H2,1-2H3. The predicted molar refractivity (Wildman–Crippen MR) is 72.8 cm³/mol. The largest absolute Gasteiger partial charge is 0.497 e. The van der Waals surface area contributed by atoms with E-state index in [1.807, 2.05) is 0 Å². The SMILES string of the molecule is COc1ccc(CC(O)c2cc(F)c(C)cc2F)cc1. The first-order chi connectivity index (χ1) is 9.51. The second-order valence-electron chi connectivity index (χ2n) is 4.69. The summed E-state index contributed by atoms with van der Waals surface area (Å²) in [5.74, 6) is -0.407. The maximum absolute atomic E-state index is 13.8. The summed E-state index contributed by atoms with van der Waals surface area (Å²) < 4.78 is 32.3. The summed E-state index contributed by atoms with van der Waals surface area (Å²) in [5.41, 5.74) is 1.02. The lowest BCUT2D eigenvalue weighted by Gasteiger charge is -2.13. The number of methoxy groups -OCH3 is 1. The zero-order chi connectivity index (χ0) is 14.7. The first-order valence-electron chi connectivity index (χ1n) is 6.28. The Bertz CT molecular complexity index is 594. The van der Waals surface area contributed by atoms with Gasteiger partial charge in [-0.1, -0.05) is 12.1 Å². The smallest absolute Gasteiger partial charge is 0.129 e. The van der Waals surface area contributed by atoms with Gasteiger partial charge in [0.05, 0.1) is 13.2 Å². The van der Waals surface area contributed by atoms with E-state index < -0.39 is 17.7 Å². The van der Waals surface area contributed by atoms with Crippen molar-refractivity contribution >= 4 is 0 Å². The van der Waals surface area contributed by atoms with Crippen LogP contribution in [0, 0.1) is 18.6 Å². The zero-order valence-corrected chi connectivity index (χ0v) is 11.4. The summed E-state index contributed by atoms with van der Waals surface area (Å²) in [6.07, 6.45) is -0.873. The van der Waals surface area contributed by atoms with Crippen LogP contribution >= 0.6 is 0 Å². The zero-order valence-electron chi connectivity index (χ0n) is 11.4. The molecule has 0 aliphatic rings. The first kappa shape index (κ1) is 14.5. The Hall–Kier alpha value is -1.94. The van der Waals surface area contributed by atoms with Gasteiger partial charge >= 0.3 is 0 Å². The van der Waals surface area contributed by atoms with Crippen molar-refractivity contribution in [3.63, 3.8) is 0 Å². The average Bonchev–Trinajstić information content (AvgIpc) is 2.43. The molecule has 2 aromatic rings. The van der Waals surface area contributed by atoms with Crippen molar-refractivity contribution in [3.05, 3.63) is 64.7 Å². The van der Waals surface area contributed by atoms with Gasteiger partial charge < -0.3 is 9.84 Å². The molecule has 0 spiro atoms. The van der Waals surface area contributed by atoms with E-state index in [-0.39, 0.29) is 17.5 Å². The monoisotopic (exact) mass is 278 g/mol. The molecule has 0 radical (unpaired) electrons. The van der Waals surface area contributed by atoms with Crippen molar-refractivity contribution in [2.45, 2.75) is 19.4 Å². The van der Waals surface area contributed by atoms with Gasteiger partial charge in [0.2, 0.25) is 0 Å². The summed E-state index contributed by atoms with van der Waals surface area (Å²) in [6.45, 7) is 1.48. The van der Waals surface area contributed by atoms with Gasteiger partial charge in [0.1, 0.15) is 17.4 Å². The molecule has 1 atom stereocenters. The molecule has 1 N–H and O–H groups in total. The fraction of sp³-hybridized carbons (Fsp3) is 0.250. The fourth-order valence-corrected chi connectivity index (χ4v) is 2.01. The minimum atomic E-state index is -1.08. The summed E-state index contributed by atoms with van der Waals surface area (Å²) in [6, 6.07) is 9.23. The van der Waals surface area contributed by atoms with Crippen LogP contribution in [-0.4, -0.2) is 12.2 Å². The lowest BCUT2D eigenvalue weighted by Crippen LogP contribution is -2.06. The number of aryl methyl sites for hydroxylation is 1. The van der Waals surface area contributed by atoms with Gasteiger partial charge in [-0.2, -0.15) is 0 Å². The van der Waals surface area contributed by atoms with Crippen LogP contribution < -0.4 is 4.74 Å². The minimum absolute atomic E-state index is 0.0241. The van der Waals surface area contributed by atoms with Crippen LogP contribution in [0.25, 0.3) is 0 Å². The van der Waals surface area contributed by atoms with E-state index in [0.29, 0.717) is 5.75 Å². The Labute approximate surface area is 116 Å². The number of benzene rings is 2. The van der Waals surface area contributed by atoms with Gasteiger partial charge in [0, 0.05) is 12.0 Å². The number of halogens is 2. The van der Waals surface area contributed by atoms with Crippen molar-refractivity contribution in [2.75, 3.05) is 7.11 Å². The normalized spacial score (nSPS) is 12.2. The molecular formula is C16H16F2O2. The lowest BCUT2D eigenvalue weighted by atomic mass is 9.99. The second kappa shape index (κ2) is 6.01. The molecule has 0 aromatic heterocycles. The molecule has 0 amide bonds. The number of hydrogen-bond donors (Lipinski definition) is 1. The highest BCUT2D eigenvalue weighted by Gasteiger charge is 2.16. The maximum Gasteiger partial charge on any atom is 0.129 e. The molecule has 0 fully saturated rings. The molecular weight excluding hydrogens is 262 g/mol. The molecule has 1 unspecified atom stereocenters. The van der Waals surface area contributed by atoms with E-state index in [1.165, 1.54) is 6.92 Å². The highest BCUT2D eigenvalue weighted by molar-refractivity contribution is 5.31. The molecule has 0 saturated carbocycles. The Morgan fingerprint density at radius 3 is 2.35 bits per heavy atom. The molecule has 0 heterocycles. The summed E-state index contributed by atoms with van der Waals surface area (Å²) in [5, 5.41) is 10.1. The third-order valence-electron chi connectivity index (χ3n) is 3.23. The van der Waals surface area contributed by atoms with Gasteiger partial charge in [-0.3, -0.25) is 0 Å². The third-order valence-corrected chi connectivity index (χ3v) is 3.23. The van der Waals surface area contributed by atoms with E-state index in [9.17, 15) is 13.9 Å². The molecule has 0 bridgehead atoms. The van der Waals surface area contributed by atoms with Crippen LogP contribution in [0.2, 0.25) is 0 Å². The van der Waals surface area contributed by atoms with Crippen LogP contribution in [0.3, 0.4) is 0 Å². The first-order valence-corrected chi connectivity index (χ1v) is 6.28. The average molecular weight is 278 g/mol. The van der Waals surface area contributed by atoms with E-state index in [4.69, 9.17) is 4.74 Å². The Morgan fingerprint density at radius 1 is 1.10 bits per heavy atom. The minimum Gasteiger partial charge on any atom is -0.497 e. The van der Waals surface area contributed by atoms with Gasteiger partial charge in [-0.05, 0) is 42.3 Å². The highest BCUT2D eigenvalue weighted by atomic mass is 19.1. The Balaban J connectivity index is 2.18. The predicted octanol–water partition coefficient (Wildman–Crippen LogP) is 3.56. The van der Waals surface area contributed by atoms with Gasteiger partial charge in [-0.25, -0.2) is 8.78 Å². The van der Waals surface area contributed by atoms with E-state index in [2.05, 4.69) is 0 Å². The van der Waals surface area contributed by atoms with Crippen molar-refractivity contribution in [2.24, 2.45) is 0 Å². The van der Waals surface area contributed by atoms with Crippen molar-refractivity contribution in [1.29, 1.82) is 0 Å². The number of hydrogen-bond acceptors (Lipinski definition) is 2. The molecule has 2 rings (SSSR count). The topological polar surface area (TPSA) is 29.5 Å². The fourth-order valence-electron chi connectivity index (χ4n) is 2.01. The molecule has 2 nitrogen and oxygen atoms in total. The number of rotatable bonds is 4. The Kier molecular flexibility index (Phi) is 4.35. The van der Waals surface area contributed by atoms with Crippen LogP contribution in [0.5, 0.6) is 5.75 Å². The van der Waals surface area contributed by atoms with Gasteiger partial charge in [-0.15, -0.1) is 0 Å². The quantitative estimate of drug-likeness (QED) is 0.926. The van der Waals surface area contributed by atoms with Crippen molar-refractivity contribution in [3.8, 4) is 5.75 Å². The van der Waals surface area contributed by atoms with Crippen molar-refractivity contribution < 1.29 is 18.6 Å². The molecule has 2 aromatic carbocycles. The molecule has 0 aliphatic carbocycles. The number of aliphatic hydroxyl groups is 1. The summed E-state index contributed by atoms with van der Waals surface area (Å²) in [7, 11) is 1.56. The second-order valence-corrected chi connectivity index (χ2v) is 4.69. The van der Waals surface area contributed by atoms with E-state index in [0.717, 1.165) is 17.7 Å². The van der Waals surface area contributed by atoms with Gasteiger partial charge in [0.25, 0.3) is 0 Å². The molecule has 0 aliphatic heterocycles. The molecule has 106 valence electrons. The van der Waals surface area contributed by atoms with Crippen molar-refractivity contribution in [1.82, 2.24) is 0 Å². The van der Waals surface area contributed by atoms with Crippen LogP contribution in [-0.2, 0) is 6.42 Å². The maximum atomic E-state index is 13.8. The molecule has 0 saturated heterocycles. The number of aliphatic hydroxyl groups excluding tert-OH is 1. The number of ether oxygens (including phenoxy) is 1. The van der Waals surface area contributed by atoms with Gasteiger partial charge in [0.15, 0.2) is 0 Å². The summed E-state index contributed by atoms with van der Waals surface area (Å²) >= 11 is 0. The molecule has 20 heavy (non-hydrogen) atoms. The van der Waals surface area contributed by atoms with E-state index in [1.54, 1.807) is 31.4 Å². The van der Waals surface area contributed by atoms with Crippen LogP contribution in [0.4, 0.5) is 8.78 Å². The van der Waals surface area contributed by atoms with E-state index >= 15 is 0 Å².